The van der Waals surface area contributed by atoms with Gasteiger partial charge < -0.3 is 44.3 Å². The quantitative estimate of drug-likeness (QED) is 0.300. The van der Waals surface area contributed by atoms with Gasteiger partial charge in [0.05, 0.1) is 42.0 Å². The Labute approximate surface area is 258 Å². The molecule has 2 aliphatic heterocycles. The number of aromatic hydroxyl groups is 2. The molecule has 2 aromatic rings. The van der Waals surface area contributed by atoms with Crippen molar-refractivity contribution in [3.63, 3.8) is 0 Å². The molecule has 0 aromatic heterocycles. The van der Waals surface area contributed by atoms with Gasteiger partial charge in [-0.05, 0) is 13.0 Å². The van der Waals surface area contributed by atoms with Gasteiger partial charge in [0.2, 0.25) is 5.78 Å². The zero-order valence-corrected chi connectivity index (χ0v) is 24.3. The van der Waals surface area contributed by atoms with Crippen molar-refractivity contribution in [2.75, 3.05) is 20.5 Å². The van der Waals surface area contributed by atoms with Crippen molar-refractivity contribution in [3.8, 4) is 17.2 Å². The van der Waals surface area contributed by atoms with Crippen molar-refractivity contribution < 1.29 is 71.4 Å². The minimum Gasteiger partial charge on any atom is -0.507 e. The average Bonchev–Trinajstić information content (AvgIpc) is 3.00. The summed E-state index contributed by atoms with van der Waals surface area (Å²) in [6.45, 7) is 0.632. The number of Topliss-reactive ketones (excluding diaryl/α,β-unsaturated/α-hetero) is 1. The summed E-state index contributed by atoms with van der Waals surface area (Å²) in [7, 11) is 1.29. The van der Waals surface area contributed by atoms with E-state index in [2.05, 4.69) is 0 Å². The predicted molar refractivity (Wildman–Crippen MR) is 144 cm³/mol. The summed E-state index contributed by atoms with van der Waals surface area (Å²) in [5.74, 6) is -5.87. The molecular weight excluding hydrogens is 623 g/mol. The largest absolute Gasteiger partial charge is 0.507 e. The third-order valence-electron chi connectivity index (χ3n) is 8.82. The fourth-order valence-corrected chi connectivity index (χ4v) is 6.56. The van der Waals surface area contributed by atoms with Crippen LogP contribution in [0, 0.1) is 0 Å². The Morgan fingerprint density at radius 2 is 1.80 bits per heavy atom. The molecule has 4 aliphatic rings. The number of alkyl halides is 3. The number of aliphatic hydroxyl groups excluding tert-OH is 1. The molecule has 16 heteroatoms. The van der Waals surface area contributed by atoms with E-state index in [4.69, 9.17) is 23.7 Å². The molecule has 0 bridgehead atoms. The van der Waals surface area contributed by atoms with Crippen molar-refractivity contribution >= 4 is 23.3 Å². The number of benzene rings is 2. The number of rotatable bonds is 4. The van der Waals surface area contributed by atoms with Crippen LogP contribution in [0.2, 0.25) is 0 Å². The Bertz CT molecular complexity index is 1660. The monoisotopic (exact) mass is 651 g/mol. The number of fused-ring (bicyclic) bond motifs is 3. The third-order valence-corrected chi connectivity index (χ3v) is 8.82. The van der Waals surface area contributed by atoms with Crippen LogP contribution in [0.3, 0.4) is 0 Å². The van der Waals surface area contributed by atoms with E-state index in [-0.39, 0.29) is 54.2 Å². The van der Waals surface area contributed by atoms with Gasteiger partial charge >= 0.3 is 12.1 Å². The number of phenols is 2. The van der Waals surface area contributed by atoms with E-state index >= 15 is 0 Å². The molecule has 2 heterocycles. The number of halogens is 3. The number of hydrogen-bond donors (Lipinski definition) is 4. The Morgan fingerprint density at radius 1 is 1.09 bits per heavy atom. The van der Waals surface area contributed by atoms with Crippen LogP contribution in [0.4, 0.5) is 13.2 Å². The highest BCUT2D eigenvalue weighted by atomic mass is 19.4. The number of hydrogen-bond acceptors (Lipinski definition) is 12. The minimum absolute atomic E-state index is 0.0427. The second-order valence-electron chi connectivity index (χ2n) is 11.5. The predicted octanol–water partition coefficient (Wildman–Crippen LogP) is 1.74. The van der Waals surface area contributed by atoms with Crippen LogP contribution < -0.4 is 10.1 Å². The lowest BCUT2D eigenvalue weighted by molar-refractivity contribution is -0.258. The lowest BCUT2D eigenvalue weighted by atomic mass is 9.71. The summed E-state index contributed by atoms with van der Waals surface area (Å²) in [4.78, 5) is 52.4. The average molecular weight is 652 g/mol. The maximum absolute atomic E-state index is 13.8. The first kappa shape index (κ1) is 31.9. The summed E-state index contributed by atoms with van der Waals surface area (Å²) >= 11 is 0. The second-order valence-corrected chi connectivity index (χ2v) is 11.5. The van der Waals surface area contributed by atoms with Gasteiger partial charge in [-0.3, -0.25) is 19.2 Å². The lowest BCUT2D eigenvalue weighted by Crippen LogP contribution is -2.58. The molecule has 2 fully saturated rings. The van der Waals surface area contributed by atoms with Crippen molar-refractivity contribution in [1.82, 2.24) is 5.32 Å². The summed E-state index contributed by atoms with van der Waals surface area (Å²) in [6.07, 6.45) is -12.0. The first-order chi connectivity index (χ1) is 21.7. The first-order valence-electron chi connectivity index (χ1n) is 14.2. The molecular formula is C30H28F3NO12. The Morgan fingerprint density at radius 3 is 2.48 bits per heavy atom. The third kappa shape index (κ3) is 5.00. The number of carbonyl (C=O) groups is 4. The molecule has 0 radical (unpaired) electrons. The van der Waals surface area contributed by atoms with E-state index in [0.717, 1.165) is 0 Å². The van der Waals surface area contributed by atoms with Crippen LogP contribution in [0.25, 0.3) is 0 Å². The summed E-state index contributed by atoms with van der Waals surface area (Å²) in [5.41, 5.74) is -3.28. The van der Waals surface area contributed by atoms with Gasteiger partial charge in [0, 0.05) is 36.0 Å². The van der Waals surface area contributed by atoms with Crippen molar-refractivity contribution in [1.29, 1.82) is 0 Å². The van der Waals surface area contributed by atoms with E-state index in [1.165, 1.54) is 32.2 Å². The number of phenolic OH excluding ortho intramolecular Hbond substituents is 2. The number of ketones is 3. The van der Waals surface area contributed by atoms with Crippen LogP contribution in [-0.2, 0) is 35.0 Å². The molecule has 1 spiro atoms. The highest BCUT2D eigenvalue weighted by Gasteiger charge is 2.53. The molecule has 6 atom stereocenters. The fraction of sp³-hybridized carbons (Fsp3) is 0.467. The van der Waals surface area contributed by atoms with Gasteiger partial charge in [-0.15, -0.1) is 0 Å². The topological polar surface area (TPSA) is 187 Å². The number of ether oxygens (including phenoxy) is 5. The SMILES string of the molecule is COc1cccc2c1C(=O)c1c(O)c3c(c(O)c1C2=O)C[C@@]1(C[C@@H]3O[C@H]2CC(NC(=O)C(F)(F)F)[C@H](O)[C@H](C)O2)OCOCC1=O. The van der Waals surface area contributed by atoms with Crippen LogP contribution >= 0.6 is 0 Å². The molecule has 6 rings (SSSR count). The smallest absolute Gasteiger partial charge is 0.471 e. The molecule has 4 N–H and O–H groups in total. The fourth-order valence-electron chi connectivity index (χ4n) is 6.56. The maximum Gasteiger partial charge on any atom is 0.471 e. The van der Waals surface area contributed by atoms with E-state index in [1.54, 1.807) is 5.32 Å². The Balaban J connectivity index is 1.45. The number of amides is 1. The number of nitrogens with one attached hydrogen (secondary N) is 1. The van der Waals surface area contributed by atoms with Gasteiger partial charge in [-0.1, -0.05) is 12.1 Å². The van der Waals surface area contributed by atoms with Gasteiger partial charge in [0.1, 0.15) is 42.4 Å². The summed E-state index contributed by atoms with van der Waals surface area (Å²) < 4.78 is 66.9. The maximum atomic E-state index is 13.8. The first-order valence-corrected chi connectivity index (χ1v) is 14.2. The molecule has 1 unspecified atom stereocenters. The molecule has 0 saturated carbocycles. The van der Waals surface area contributed by atoms with E-state index < -0.39 is 94.7 Å². The molecule has 2 saturated heterocycles. The van der Waals surface area contributed by atoms with E-state index in [1.807, 2.05) is 0 Å². The number of methoxy groups -OCH3 is 1. The summed E-state index contributed by atoms with van der Waals surface area (Å²) in [6, 6.07) is 2.80. The Hall–Kier alpha value is -4.09. The van der Waals surface area contributed by atoms with Crippen LogP contribution in [0.5, 0.6) is 17.2 Å². The number of aliphatic hydroxyl groups is 1. The molecule has 13 nitrogen and oxygen atoms in total. The van der Waals surface area contributed by atoms with Gasteiger partial charge in [-0.2, -0.15) is 13.2 Å². The van der Waals surface area contributed by atoms with Gasteiger partial charge in [0.25, 0.3) is 0 Å². The minimum atomic E-state index is -5.24. The van der Waals surface area contributed by atoms with Crippen molar-refractivity contribution in [2.45, 2.75) is 68.6 Å². The van der Waals surface area contributed by atoms with Gasteiger partial charge in [0.15, 0.2) is 17.9 Å². The molecule has 2 aromatic carbocycles. The zero-order valence-electron chi connectivity index (χ0n) is 24.3. The Kier molecular flexibility index (Phi) is 7.84. The summed E-state index contributed by atoms with van der Waals surface area (Å²) in [5, 5.41) is 35.4. The van der Waals surface area contributed by atoms with Crippen LogP contribution in [-0.4, -0.2) is 95.4 Å². The number of carbonyl (C=O) groups excluding carboxylic acids is 4. The van der Waals surface area contributed by atoms with Crippen LogP contribution in [0.15, 0.2) is 18.2 Å². The molecule has 1 amide bonds. The molecule has 246 valence electrons. The highest BCUT2D eigenvalue weighted by Crippen LogP contribution is 2.53. The van der Waals surface area contributed by atoms with Crippen molar-refractivity contribution in [3.05, 3.63) is 51.6 Å². The van der Waals surface area contributed by atoms with E-state index in [0.29, 0.717) is 0 Å². The zero-order chi connectivity index (χ0) is 33.3. The van der Waals surface area contributed by atoms with Crippen molar-refractivity contribution in [2.24, 2.45) is 0 Å². The second kappa shape index (κ2) is 11.3. The standard InChI is InChI=1S/C30H28F3NO12/c1-11-23(36)14(34-28(41)30(31,32)33)6-18(45-11)46-16-8-29(17(35)9-43-10-44-29)7-13-20(16)27(40)22-21(25(13)38)24(37)12-4-3-5-15(42-2)19(12)26(22)39/h3-5,11,14,16,18,23,36,38,40H,6-10H2,1-2H3,(H,34,41)/t11-,14?,16-,18-,23+,29-/m0/s1. The normalized spacial score (nSPS) is 29.2. The molecule has 46 heavy (non-hydrogen) atoms. The van der Waals surface area contributed by atoms with E-state index in [9.17, 15) is 47.7 Å². The molecule has 2 aliphatic carbocycles. The lowest BCUT2D eigenvalue weighted by Gasteiger charge is -2.45. The van der Waals surface area contributed by atoms with Gasteiger partial charge in [-0.25, -0.2) is 0 Å². The van der Waals surface area contributed by atoms with Crippen LogP contribution in [0.1, 0.15) is 68.8 Å². The highest BCUT2D eigenvalue weighted by molar-refractivity contribution is 6.31.